The summed E-state index contributed by atoms with van der Waals surface area (Å²) in [4.78, 5) is 54.8. The van der Waals surface area contributed by atoms with Crippen LogP contribution in [-0.2, 0) is 0 Å². The fourth-order valence-corrected chi connectivity index (χ4v) is 24.0. The summed E-state index contributed by atoms with van der Waals surface area (Å²) >= 11 is 15.0. The molecule has 2 aliphatic heterocycles. The predicted octanol–water partition coefficient (Wildman–Crippen LogP) is 29.7. The number of nitrogens with one attached hydrogen (secondary N) is 10. The number of thioether (sulfide) groups is 8. The van der Waals surface area contributed by atoms with Gasteiger partial charge in [0, 0.05) is 107 Å². The minimum Gasteiger partial charge on any atom is -0.353 e. The maximum Gasteiger partial charge on any atom is 0.167 e. The smallest absolute Gasteiger partial charge is 0.167 e. The van der Waals surface area contributed by atoms with Crippen LogP contribution in [-0.4, -0.2) is 85.9 Å². The van der Waals surface area contributed by atoms with E-state index in [4.69, 9.17) is 29.9 Å². The van der Waals surface area contributed by atoms with Crippen molar-refractivity contribution in [1.29, 1.82) is 0 Å². The summed E-state index contributed by atoms with van der Waals surface area (Å²) in [5.41, 5.74) is 17.6. The first-order valence-electron chi connectivity index (χ1n) is 40.6. The van der Waals surface area contributed by atoms with Gasteiger partial charge in [0.1, 0.15) is 22.6 Å². The zero-order valence-electron chi connectivity index (χ0n) is 67.7. The predicted molar refractivity (Wildman–Crippen MR) is 525 cm³/mol. The van der Waals surface area contributed by atoms with Crippen molar-refractivity contribution >= 4 is 229 Å². The van der Waals surface area contributed by atoms with Gasteiger partial charge in [-0.05, 0) is 143 Å². The van der Waals surface area contributed by atoms with Gasteiger partial charge < -0.3 is 52.5 Å². The lowest BCUT2D eigenvalue weighted by Crippen LogP contribution is -2.08. The molecule has 0 atom stereocenters. The summed E-state index contributed by atoms with van der Waals surface area (Å²) < 4.78 is 0. The Hall–Kier alpha value is -10.8. The zero-order valence-corrected chi connectivity index (χ0v) is 74.2. The molecular weight excluding hydrogens is 1630 g/mol. The van der Waals surface area contributed by atoms with Crippen molar-refractivity contribution in [2.24, 2.45) is 0 Å². The fourth-order valence-electron chi connectivity index (χ4n) is 15.2. The quantitative estimate of drug-likeness (QED) is 0.0178. The second kappa shape index (κ2) is 37.9. The SMILES string of the molecule is CCSc1c(SCC)c(SCC)c2c(c1SCC)-c1nc-2nc2[nH]c(nc3nc(nc4[nH]c(n1)c1c(Nc5ccccc5)c(Nc5ccccc5)c(Nc5ccccc5)c(Nc5ccccc5)c41)-c1c(Nc4ccccc4)c(Nc4ccccc4)c(Nc4ccccc4)c(Nc4ccccc4)c1-3)c1c(SCC)c(SCC)c(SCC)c(SCC)c21. The van der Waals surface area contributed by atoms with E-state index in [0.717, 1.165) is 133 Å². The number of aromatic nitrogens is 8. The number of para-hydroxylation sites is 8. The van der Waals surface area contributed by atoms with E-state index >= 15 is 0 Å². The third kappa shape index (κ3) is 16.7. The molecule has 10 N–H and O–H groups in total. The van der Waals surface area contributed by atoms with Crippen molar-refractivity contribution < 1.29 is 0 Å². The normalized spacial score (nSPS) is 11.5. The lowest BCUT2D eigenvalue weighted by atomic mass is 9.98. The highest BCUT2D eigenvalue weighted by Crippen LogP contribution is 2.61. The van der Waals surface area contributed by atoms with Crippen molar-refractivity contribution in [3.63, 3.8) is 0 Å². The van der Waals surface area contributed by atoms with E-state index in [2.05, 4.69) is 302 Å². The van der Waals surface area contributed by atoms with Crippen molar-refractivity contribution in [3.05, 3.63) is 243 Å². The first-order chi connectivity index (χ1) is 59.2. The molecule has 0 unspecified atom stereocenters. The van der Waals surface area contributed by atoms with Gasteiger partial charge in [0.15, 0.2) is 23.3 Å². The highest BCUT2D eigenvalue weighted by molar-refractivity contribution is 8.05. The van der Waals surface area contributed by atoms with E-state index in [1.54, 1.807) is 0 Å². The maximum absolute atomic E-state index is 6.29. The van der Waals surface area contributed by atoms with Gasteiger partial charge in [-0.25, -0.2) is 29.9 Å². The summed E-state index contributed by atoms with van der Waals surface area (Å²) in [6.45, 7) is 18.0. The highest BCUT2D eigenvalue weighted by atomic mass is 32.2. The summed E-state index contributed by atoms with van der Waals surface area (Å²) in [6, 6.07) is 82.7. The number of hydrogen-bond donors (Lipinski definition) is 10. The van der Waals surface area contributed by atoms with E-state index in [1.807, 2.05) is 143 Å². The Morgan fingerprint density at radius 2 is 0.375 bits per heavy atom. The molecule has 8 bridgehead atoms. The van der Waals surface area contributed by atoms with Gasteiger partial charge in [-0.3, -0.25) is 0 Å². The van der Waals surface area contributed by atoms with E-state index in [9.17, 15) is 0 Å². The number of fused-ring (bicyclic) bond motifs is 20. The van der Waals surface area contributed by atoms with Gasteiger partial charge in [-0.1, -0.05) is 201 Å². The largest absolute Gasteiger partial charge is 0.353 e. The molecule has 0 radical (unpaired) electrons. The van der Waals surface area contributed by atoms with Crippen LogP contribution in [0.15, 0.2) is 282 Å². The van der Waals surface area contributed by atoms with Crippen LogP contribution in [0.25, 0.3) is 89.7 Å². The van der Waals surface area contributed by atoms with Gasteiger partial charge in [0.2, 0.25) is 0 Å². The Kier molecular flexibility index (Phi) is 25.7. The van der Waals surface area contributed by atoms with E-state index in [-0.39, 0.29) is 0 Å². The summed E-state index contributed by atoms with van der Waals surface area (Å²) in [5, 5.41) is 35.8. The van der Waals surface area contributed by atoms with Gasteiger partial charge in [0.05, 0.1) is 67.4 Å². The lowest BCUT2D eigenvalue weighted by molar-refractivity contribution is 1.04. The Morgan fingerprint density at radius 1 is 0.192 bits per heavy atom. The summed E-state index contributed by atoms with van der Waals surface area (Å²) in [5.74, 6) is 8.38. The monoisotopic (exact) mass is 1720 g/mol. The molecule has 2 aliphatic rings. The van der Waals surface area contributed by atoms with Gasteiger partial charge in [0.25, 0.3) is 0 Å². The average Bonchev–Trinajstić information content (AvgIpc) is 1.54. The van der Waals surface area contributed by atoms with Gasteiger partial charge >= 0.3 is 0 Å². The number of hydrogen-bond acceptors (Lipinski definition) is 22. The first-order valence-corrected chi connectivity index (χ1v) is 48.5. The third-order valence-electron chi connectivity index (χ3n) is 19.9. The number of benzene rings is 12. The van der Waals surface area contributed by atoms with Crippen LogP contribution in [0.1, 0.15) is 55.4 Å². The molecule has 16 nitrogen and oxygen atoms in total. The molecule has 0 saturated heterocycles. The van der Waals surface area contributed by atoms with Crippen LogP contribution < -0.4 is 42.5 Å². The van der Waals surface area contributed by atoms with E-state index in [1.165, 1.54) is 19.6 Å². The number of rotatable bonds is 32. The minimum absolute atomic E-state index is 0.342. The van der Waals surface area contributed by atoms with E-state index in [0.29, 0.717) is 113 Å². The van der Waals surface area contributed by atoms with Crippen molar-refractivity contribution in [2.45, 2.75) is 94.6 Å². The maximum atomic E-state index is 6.29. The second-order valence-electron chi connectivity index (χ2n) is 27.6. The molecule has 602 valence electrons. The second-order valence-corrected chi connectivity index (χ2v) is 37.8. The van der Waals surface area contributed by atoms with E-state index < -0.39 is 0 Å². The zero-order chi connectivity index (χ0) is 82.0. The molecular formula is C96H90N16S8. The fraction of sp³-hybridized carbons (Fsp3) is 0.167. The van der Waals surface area contributed by atoms with Gasteiger partial charge in [-0.2, -0.15) is 0 Å². The molecule has 0 spiro atoms. The Labute approximate surface area is 734 Å². The molecule has 0 fully saturated rings. The minimum atomic E-state index is 0.342. The lowest BCUT2D eigenvalue weighted by Gasteiger charge is -2.26. The first kappa shape index (κ1) is 81.6. The molecule has 3 aromatic heterocycles. The Morgan fingerprint density at radius 3 is 0.617 bits per heavy atom. The molecule has 0 amide bonds. The molecule has 15 aromatic rings. The van der Waals surface area contributed by atoms with Crippen LogP contribution in [0.3, 0.4) is 0 Å². The molecule has 0 saturated carbocycles. The molecule has 24 heteroatoms. The molecule has 17 rings (SSSR count). The summed E-state index contributed by atoms with van der Waals surface area (Å²) in [7, 11) is 0. The van der Waals surface area contributed by atoms with Crippen molar-refractivity contribution in [2.75, 3.05) is 88.6 Å². The Balaban J connectivity index is 1.18. The van der Waals surface area contributed by atoms with Crippen LogP contribution >= 0.6 is 94.1 Å². The number of aromatic amines is 2. The topological polar surface area (TPSA) is 205 Å². The highest BCUT2D eigenvalue weighted by Gasteiger charge is 2.38. The number of anilines is 16. The van der Waals surface area contributed by atoms with Crippen LogP contribution in [0, 0.1) is 0 Å². The van der Waals surface area contributed by atoms with Crippen LogP contribution in [0.5, 0.6) is 0 Å². The molecule has 0 aliphatic carbocycles. The van der Waals surface area contributed by atoms with Crippen molar-refractivity contribution in [3.8, 4) is 45.6 Å². The van der Waals surface area contributed by atoms with Crippen LogP contribution in [0.2, 0.25) is 0 Å². The van der Waals surface area contributed by atoms with Gasteiger partial charge in [-0.15, -0.1) is 94.1 Å². The molecule has 120 heavy (non-hydrogen) atoms. The van der Waals surface area contributed by atoms with Crippen LogP contribution in [0.4, 0.5) is 91.0 Å². The Bertz CT molecular complexity index is 6400. The summed E-state index contributed by atoms with van der Waals surface area (Å²) in [6.07, 6.45) is 0. The molecule has 12 aromatic carbocycles. The third-order valence-corrected chi connectivity index (χ3v) is 28.6. The van der Waals surface area contributed by atoms with Crippen molar-refractivity contribution in [1.82, 2.24) is 39.9 Å². The average molecular weight is 1720 g/mol. The molecule has 5 heterocycles. The number of H-pyrrole nitrogens is 2. The standard InChI is InChI=1S/C96H90N16S8/c1-9-113-81-69-71(83(115-11-3)87(119-15-7)85(81)117-13-5)95-110-93(69)108-91-67-65(73(97-57-41-25-17-26-42-57)77(101-61-49-33-21-34-50-61)79(103-63-53-37-23-38-54-63)75(67)99-59-45-29-19-30-46-59)89(106-91)105-90-66-68(92(107-90)109-94-70-72(96(111-94)112-95)84(116-12-4)88(120-16-8)86(118-14-6)82(70)114-10-2)76(100-60-47-31-20-32-48-60)80(104-64-55-39-24-40-56-64)78(102-62-51-35-22-36-52-62)74(66)98-58-43-27-18-28-44-58/h17-56,97-104H,9-16H2,1-8H3,(H2,105,106,107,108,109,110,111,112). The number of nitrogens with zero attached hydrogens (tertiary/aromatic N) is 6.